The van der Waals surface area contributed by atoms with Crippen LogP contribution in [0, 0.1) is 0 Å². The van der Waals surface area contributed by atoms with E-state index in [0.29, 0.717) is 17.2 Å². The summed E-state index contributed by atoms with van der Waals surface area (Å²) >= 11 is 1.51. The van der Waals surface area contributed by atoms with Crippen molar-refractivity contribution in [1.82, 2.24) is 0 Å². The fraction of sp³-hybridized carbons (Fsp3) is 0.231. The van der Waals surface area contributed by atoms with Crippen molar-refractivity contribution in [2.45, 2.75) is 22.7 Å². The molecule has 3 aromatic carbocycles. The molecule has 1 N–H and O–H groups in total. The molecule has 0 fully saturated rings. The van der Waals surface area contributed by atoms with Crippen molar-refractivity contribution >= 4 is 35.0 Å². The number of carbonyl (C=O) groups is 2. The highest BCUT2D eigenvalue weighted by Crippen LogP contribution is 2.46. The summed E-state index contributed by atoms with van der Waals surface area (Å²) in [5.74, 6) is 0.351. The molecular formula is C26H23F3N2O4S. The Balaban J connectivity index is 1.55. The van der Waals surface area contributed by atoms with Crippen molar-refractivity contribution in [1.29, 1.82) is 0 Å². The molecule has 1 unspecified atom stereocenters. The van der Waals surface area contributed by atoms with Crippen LogP contribution in [0.4, 0.5) is 24.5 Å². The molecule has 6 nitrogen and oxygen atoms in total. The monoisotopic (exact) mass is 516 g/mol. The van der Waals surface area contributed by atoms with Crippen molar-refractivity contribution in [2.75, 3.05) is 31.0 Å². The van der Waals surface area contributed by atoms with Crippen LogP contribution in [0.2, 0.25) is 0 Å². The van der Waals surface area contributed by atoms with Crippen molar-refractivity contribution < 1.29 is 32.2 Å². The molecule has 1 atom stereocenters. The summed E-state index contributed by atoms with van der Waals surface area (Å²) in [6.07, 6.45) is -4.34. The number of para-hydroxylation sites is 1. The molecule has 3 aromatic rings. The molecule has 188 valence electrons. The standard InChI is InChI=1S/C26H23F3N2O4S/c1-34-20-12-7-16(13-21(20)35-2)23-14-25(33)31(19-5-3-4-6-22(19)36-23)15-24(32)30-18-10-8-17(9-11-18)26(27,28)29/h3-13,23H,14-15H2,1-2H3,(H,30,32). The Bertz CT molecular complexity index is 1260. The normalized spacial score (nSPS) is 15.6. The number of fused-ring (bicyclic) bond motifs is 1. The molecule has 0 bridgehead atoms. The molecule has 0 saturated carbocycles. The number of carbonyl (C=O) groups excluding carboxylic acids is 2. The van der Waals surface area contributed by atoms with E-state index in [-0.39, 0.29) is 29.8 Å². The quantitative estimate of drug-likeness (QED) is 0.440. The van der Waals surface area contributed by atoms with Gasteiger partial charge >= 0.3 is 6.18 Å². The highest BCUT2D eigenvalue weighted by atomic mass is 32.2. The lowest BCUT2D eigenvalue weighted by Gasteiger charge is -2.22. The van der Waals surface area contributed by atoms with E-state index < -0.39 is 17.6 Å². The van der Waals surface area contributed by atoms with Gasteiger partial charge in [0.05, 0.1) is 25.5 Å². The van der Waals surface area contributed by atoms with Gasteiger partial charge in [0.25, 0.3) is 0 Å². The molecule has 4 rings (SSSR count). The number of hydrogen-bond donors (Lipinski definition) is 1. The van der Waals surface area contributed by atoms with Gasteiger partial charge in [0.15, 0.2) is 11.5 Å². The highest BCUT2D eigenvalue weighted by molar-refractivity contribution is 7.99. The topological polar surface area (TPSA) is 67.9 Å². The fourth-order valence-electron chi connectivity index (χ4n) is 3.88. The minimum Gasteiger partial charge on any atom is -0.493 e. The smallest absolute Gasteiger partial charge is 0.416 e. The number of methoxy groups -OCH3 is 2. The maximum Gasteiger partial charge on any atom is 0.416 e. The number of thioether (sulfide) groups is 1. The predicted molar refractivity (Wildman–Crippen MR) is 132 cm³/mol. The van der Waals surface area contributed by atoms with Crippen LogP contribution in [0.5, 0.6) is 11.5 Å². The molecule has 0 radical (unpaired) electrons. The lowest BCUT2D eigenvalue weighted by Crippen LogP contribution is -2.38. The number of anilines is 2. The minimum absolute atomic E-state index is 0.127. The van der Waals surface area contributed by atoms with Gasteiger partial charge in [-0.3, -0.25) is 9.59 Å². The third-order valence-corrected chi connectivity index (χ3v) is 6.99. The number of hydrogen-bond acceptors (Lipinski definition) is 5. The van der Waals surface area contributed by atoms with Gasteiger partial charge in [-0.15, -0.1) is 11.8 Å². The van der Waals surface area contributed by atoms with Crippen LogP contribution in [0.1, 0.15) is 22.8 Å². The van der Waals surface area contributed by atoms with Crippen LogP contribution in [0.3, 0.4) is 0 Å². The third-order valence-electron chi connectivity index (χ3n) is 5.66. The molecule has 1 heterocycles. The first-order valence-corrected chi connectivity index (χ1v) is 11.8. The number of alkyl halides is 3. The van der Waals surface area contributed by atoms with E-state index in [1.165, 1.54) is 28.8 Å². The molecule has 0 saturated heterocycles. The van der Waals surface area contributed by atoms with E-state index >= 15 is 0 Å². The Kier molecular flexibility index (Phi) is 7.44. The van der Waals surface area contributed by atoms with Crippen LogP contribution in [0.25, 0.3) is 0 Å². The van der Waals surface area contributed by atoms with E-state index in [1.54, 1.807) is 32.4 Å². The van der Waals surface area contributed by atoms with Crippen LogP contribution in [0.15, 0.2) is 71.6 Å². The van der Waals surface area contributed by atoms with Crippen molar-refractivity contribution in [3.05, 3.63) is 77.9 Å². The number of halogens is 3. The molecule has 1 aliphatic rings. The summed E-state index contributed by atoms with van der Waals surface area (Å²) in [4.78, 5) is 28.3. The van der Waals surface area contributed by atoms with E-state index in [9.17, 15) is 22.8 Å². The van der Waals surface area contributed by atoms with Gasteiger partial charge in [0.2, 0.25) is 11.8 Å². The molecule has 36 heavy (non-hydrogen) atoms. The lowest BCUT2D eigenvalue weighted by molar-refractivity contribution is -0.137. The maximum atomic E-state index is 13.3. The Morgan fingerprint density at radius 2 is 1.72 bits per heavy atom. The number of nitrogens with zero attached hydrogens (tertiary/aromatic N) is 1. The molecule has 10 heteroatoms. The predicted octanol–water partition coefficient (Wildman–Crippen LogP) is 5.93. The largest absolute Gasteiger partial charge is 0.493 e. The molecule has 0 spiro atoms. The first kappa shape index (κ1) is 25.4. The van der Waals surface area contributed by atoms with Gasteiger partial charge in [0.1, 0.15) is 6.54 Å². The summed E-state index contributed by atoms with van der Waals surface area (Å²) < 4.78 is 49.1. The Morgan fingerprint density at radius 1 is 1.03 bits per heavy atom. The zero-order valence-corrected chi connectivity index (χ0v) is 20.3. The summed E-state index contributed by atoms with van der Waals surface area (Å²) in [6, 6.07) is 16.9. The van der Waals surface area contributed by atoms with Gasteiger partial charge in [-0.2, -0.15) is 13.2 Å². The van der Waals surface area contributed by atoms with Crippen LogP contribution >= 0.6 is 11.8 Å². The SMILES string of the molecule is COc1ccc(C2CC(=O)N(CC(=O)Nc3ccc(C(F)(F)F)cc3)c3ccccc3S2)cc1OC. The van der Waals surface area contributed by atoms with Crippen LogP contribution in [-0.2, 0) is 15.8 Å². The molecule has 2 amide bonds. The first-order chi connectivity index (χ1) is 17.2. The van der Waals surface area contributed by atoms with E-state index in [1.807, 2.05) is 24.3 Å². The van der Waals surface area contributed by atoms with E-state index in [2.05, 4.69) is 5.32 Å². The Labute approximate surface area is 210 Å². The van der Waals surface area contributed by atoms with Gasteiger partial charge in [0, 0.05) is 22.3 Å². The summed E-state index contributed by atoms with van der Waals surface area (Å²) in [5.41, 5.74) is 0.867. The average molecular weight is 517 g/mol. The highest BCUT2D eigenvalue weighted by Gasteiger charge is 2.32. The third kappa shape index (κ3) is 5.59. The molecule has 1 aliphatic heterocycles. The number of nitrogens with one attached hydrogen (secondary N) is 1. The number of amides is 2. The van der Waals surface area contributed by atoms with E-state index in [0.717, 1.165) is 22.6 Å². The summed E-state index contributed by atoms with van der Waals surface area (Å²) in [7, 11) is 3.09. The molecular weight excluding hydrogens is 493 g/mol. The summed E-state index contributed by atoms with van der Waals surface area (Å²) in [5, 5.41) is 2.34. The van der Waals surface area contributed by atoms with Crippen molar-refractivity contribution in [3.8, 4) is 11.5 Å². The molecule has 0 aliphatic carbocycles. The second kappa shape index (κ2) is 10.5. The Morgan fingerprint density at radius 3 is 2.39 bits per heavy atom. The minimum atomic E-state index is -4.47. The zero-order chi connectivity index (χ0) is 25.9. The van der Waals surface area contributed by atoms with Crippen molar-refractivity contribution in [3.63, 3.8) is 0 Å². The number of benzene rings is 3. The van der Waals surface area contributed by atoms with Gasteiger partial charge in [-0.1, -0.05) is 18.2 Å². The van der Waals surface area contributed by atoms with Crippen molar-refractivity contribution in [2.24, 2.45) is 0 Å². The number of rotatable bonds is 6. The second-order valence-corrected chi connectivity index (χ2v) is 9.24. The van der Waals surface area contributed by atoms with E-state index in [4.69, 9.17) is 9.47 Å². The maximum absolute atomic E-state index is 13.3. The fourth-order valence-corrected chi connectivity index (χ4v) is 5.15. The van der Waals surface area contributed by atoms with Crippen LogP contribution < -0.4 is 19.7 Å². The molecule has 0 aromatic heterocycles. The van der Waals surface area contributed by atoms with Crippen LogP contribution in [-0.4, -0.2) is 32.6 Å². The van der Waals surface area contributed by atoms with Gasteiger partial charge in [-0.05, 0) is 54.1 Å². The van der Waals surface area contributed by atoms with Gasteiger partial charge < -0.3 is 19.7 Å². The second-order valence-electron chi connectivity index (χ2n) is 8.00. The lowest BCUT2D eigenvalue weighted by atomic mass is 10.1. The summed E-state index contributed by atoms with van der Waals surface area (Å²) in [6.45, 7) is -0.282. The zero-order valence-electron chi connectivity index (χ0n) is 19.5. The first-order valence-electron chi connectivity index (χ1n) is 10.9. The Hall–Kier alpha value is -3.66. The number of ether oxygens (including phenoxy) is 2. The van der Waals surface area contributed by atoms with Gasteiger partial charge in [-0.25, -0.2) is 0 Å². The average Bonchev–Trinajstić information content (AvgIpc) is 2.99.